The van der Waals surface area contributed by atoms with Crippen molar-refractivity contribution < 1.29 is 27.9 Å². The summed E-state index contributed by atoms with van der Waals surface area (Å²) in [4.78, 5) is 34.5. The summed E-state index contributed by atoms with van der Waals surface area (Å²) in [5.74, 6) is -0.951. The number of aryl methyl sites for hydroxylation is 1. The molecule has 2 aromatic heterocycles. The third-order valence-electron chi connectivity index (χ3n) is 5.83. The molecule has 0 radical (unpaired) electrons. The Kier molecular flexibility index (Phi) is 9.18. The number of aromatic nitrogens is 4. The predicted molar refractivity (Wildman–Crippen MR) is 148 cm³/mol. The molecule has 0 aliphatic rings. The number of nitrogens with one attached hydrogen (secondary N) is 3. The number of benzene rings is 2. The zero-order chi connectivity index (χ0) is 30.4. The van der Waals surface area contributed by atoms with E-state index in [1.165, 1.54) is 41.5 Å². The molecule has 15 heteroatoms. The van der Waals surface area contributed by atoms with E-state index >= 15 is 0 Å². The number of rotatable bonds is 8. The molecule has 3 amide bonds. The fourth-order valence-corrected chi connectivity index (χ4v) is 3.87. The van der Waals surface area contributed by atoms with Crippen LogP contribution in [0, 0.1) is 12.3 Å². The highest BCUT2D eigenvalue weighted by Gasteiger charge is 2.41. The number of amidine groups is 1. The number of carbonyl (C=O) groups excluding carboxylic acids is 2. The van der Waals surface area contributed by atoms with Crippen molar-refractivity contribution in [3.05, 3.63) is 101 Å². The quantitative estimate of drug-likeness (QED) is 0.175. The van der Waals surface area contributed by atoms with Gasteiger partial charge >= 0.3 is 12.2 Å². The topological polar surface area (TPSA) is 149 Å². The zero-order valence-corrected chi connectivity index (χ0v) is 22.7. The van der Waals surface area contributed by atoms with Gasteiger partial charge in [0.1, 0.15) is 12.2 Å². The van der Waals surface area contributed by atoms with Gasteiger partial charge in [-0.05, 0) is 55.0 Å². The maximum absolute atomic E-state index is 13.1. The number of nitrogens with zero attached hydrogens (tertiary/aromatic N) is 5. The Labute approximate surface area is 242 Å². The van der Waals surface area contributed by atoms with E-state index in [0.29, 0.717) is 21.3 Å². The smallest absolute Gasteiger partial charge is 0.382 e. The molecule has 2 heterocycles. The van der Waals surface area contributed by atoms with Crippen LogP contribution in [0.15, 0.2) is 73.3 Å². The zero-order valence-electron chi connectivity index (χ0n) is 21.9. The number of urea groups is 1. The molecule has 0 aliphatic heterocycles. The van der Waals surface area contributed by atoms with Crippen molar-refractivity contribution in [1.82, 2.24) is 30.0 Å². The SMILES string of the molecule is Cc1cncc(NC(=O)c2ccccc2-n2cnc(CNC(=O)N(C[C@H](O)C(F)(F)F)C(=N)c3ccc(Cl)cc3)n2)c1. The molecule has 0 unspecified atom stereocenters. The lowest BCUT2D eigenvalue weighted by atomic mass is 10.1. The minimum absolute atomic E-state index is 0.0655. The lowest BCUT2D eigenvalue weighted by Gasteiger charge is -2.26. The largest absolute Gasteiger partial charge is 0.416 e. The number of pyridine rings is 1. The van der Waals surface area contributed by atoms with E-state index in [1.54, 1.807) is 36.5 Å². The van der Waals surface area contributed by atoms with Gasteiger partial charge in [0.05, 0.1) is 36.2 Å². The number of aliphatic hydroxyl groups is 1. The normalized spacial score (nSPS) is 12.0. The third kappa shape index (κ3) is 7.47. The number of hydrogen-bond donors (Lipinski definition) is 4. The molecule has 2 aromatic carbocycles. The standard InChI is InChI=1S/C27H24ClF3N8O3/c1-16-10-19(12-33-11-16)36-25(41)20-4-2-3-5-21(20)39-15-35-23(37-39)13-34-26(42)38(14-22(40)27(29,30)31)24(32)17-6-8-18(28)9-7-17/h2-12,15,22,32,40H,13-14H2,1H3,(H,34,42)(H,36,41)/t22-/m0/s1. The maximum atomic E-state index is 13.1. The minimum atomic E-state index is -5.02. The van der Waals surface area contributed by atoms with Crippen LogP contribution in [0.25, 0.3) is 5.69 Å². The van der Waals surface area contributed by atoms with Gasteiger partial charge in [0.15, 0.2) is 11.9 Å². The van der Waals surface area contributed by atoms with Gasteiger partial charge in [-0.1, -0.05) is 23.7 Å². The predicted octanol–water partition coefficient (Wildman–Crippen LogP) is 4.34. The van der Waals surface area contributed by atoms with Gasteiger partial charge in [0.25, 0.3) is 5.91 Å². The Bertz CT molecular complexity index is 1590. The Morgan fingerprint density at radius 2 is 1.86 bits per heavy atom. The summed E-state index contributed by atoms with van der Waals surface area (Å²) in [6, 6.07) is 12.8. The van der Waals surface area contributed by atoms with Crippen molar-refractivity contribution >= 4 is 35.1 Å². The average molecular weight is 601 g/mol. The van der Waals surface area contributed by atoms with Crippen molar-refractivity contribution in [2.75, 3.05) is 11.9 Å². The van der Waals surface area contributed by atoms with Crippen molar-refractivity contribution in [1.29, 1.82) is 5.41 Å². The van der Waals surface area contributed by atoms with Crippen molar-refractivity contribution in [3.63, 3.8) is 0 Å². The molecular formula is C27H24ClF3N8O3. The summed E-state index contributed by atoms with van der Waals surface area (Å²) < 4.78 is 40.6. The molecule has 4 N–H and O–H groups in total. The molecule has 0 bridgehead atoms. The van der Waals surface area contributed by atoms with Gasteiger partial charge in [-0.25, -0.2) is 14.5 Å². The van der Waals surface area contributed by atoms with Gasteiger partial charge < -0.3 is 15.7 Å². The van der Waals surface area contributed by atoms with Crippen LogP contribution < -0.4 is 10.6 Å². The monoisotopic (exact) mass is 600 g/mol. The molecule has 42 heavy (non-hydrogen) atoms. The van der Waals surface area contributed by atoms with Crippen LogP contribution in [0.2, 0.25) is 5.02 Å². The number of anilines is 1. The molecule has 0 fully saturated rings. The highest BCUT2D eigenvalue weighted by molar-refractivity contribution is 6.30. The number of halogens is 4. The highest BCUT2D eigenvalue weighted by Crippen LogP contribution is 2.22. The first-order chi connectivity index (χ1) is 19.9. The number of hydrogen-bond acceptors (Lipinski definition) is 7. The van der Waals surface area contributed by atoms with Crippen LogP contribution in [0.1, 0.15) is 27.3 Å². The third-order valence-corrected chi connectivity index (χ3v) is 6.08. The van der Waals surface area contributed by atoms with Crippen LogP contribution in [0.3, 0.4) is 0 Å². The number of alkyl halides is 3. The Morgan fingerprint density at radius 1 is 1.14 bits per heavy atom. The molecule has 4 aromatic rings. The molecule has 0 aliphatic carbocycles. The minimum Gasteiger partial charge on any atom is -0.382 e. The lowest BCUT2D eigenvalue weighted by molar-refractivity contribution is -0.204. The van der Waals surface area contributed by atoms with Crippen molar-refractivity contribution in [3.8, 4) is 5.69 Å². The summed E-state index contributed by atoms with van der Waals surface area (Å²) in [5.41, 5.74) is 2.10. The number of carbonyl (C=O) groups is 2. The molecular weight excluding hydrogens is 577 g/mol. The summed E-state index contributed by atoms with van der Waals surface area (Å²) >= 11 is 5.84. The van der Waals surface area contributed by atoms with Crippen LogP contribution in [-0.2, 0) is 6.54 Å². The summed E-state index contributed by atoms with van der Waals surface area (Å²) in [6.07, 6.45) is -3.45. The van der Waals surface area contributed by atoms with Gasteiger partial charge in [0, 0.05) is 16.8 Å². The van der Waals surface area contributed by atoms with E-state index in [2.05, 4.69) is 25.7 Å². The highest BCUT2D eigenvalue weighted by atomic mass is 35.5. The average Bonchev–Trinajstić information content (AvgIpc) is 3.43. The first-order valence-corrected chi connectivity index (χ1v) is 12.7. The Morgan fingerprint density at radius 3 is 2.55 bits per heavy atom. The summed E-state index contributed by atoms with van der Waals surface area (Å²) in [6.45, 7) is 0.282. The Hall–Kier alpha value is -4.82. The molecule has 0 spiro atoms. The van der Waals surface area contributed by atoms with Crippen LogP contribution in [-0.4, -0.2) is 66.4 Å². The number of para-hydroxylation sites is 1. The van der Waals surface area contributed by atoms with E-state index in [4.69, 9.17) is 17.0 Å². The molecule has 0 saturated heterocycles. The first kappa shape index (κ1) is 30.1. The molecule has 11 nitrogen and oxygen atoms in total. The van der Waals surface area contributed by atoms with Crippen LogP contribution >= 0.6 is 11.6 Å². The number of amides is 3. The fraction of sp³-hybridized carbons (Fsp3) is 0.185. The van der Waals surface area contributed by atoms with E-state index in [-0.39, 0.29) is 23.5 Å². The second-order valence-electron chi connectivity index (χ2n) is 9.01. The molecule has 1 atom stereocenters. The molecule has 0 saturated carbocycles. The second-order valence-corrected chi connectivity index (χ2v) is 9.45. The van der Waals surface area contributed by atoms with Gasteiger partial charge in [-0.2, -0.15) is 13.2 Å². The maximum Gasteiger partial charge on any atom is 0.416 e. The van der Waals surface area contributed by atoms with Gasteiger partial charge in [0.2, 0.25) is 0 Å². The van der Waals surface area contributed by atoms with E-state index in [9.17, 15) is 27.9 Å². The second kappa shape index (κ2) is 12.8. The van der Waals surface area contributed by atoms with Crippen LogP contribution in [0.5, 0.6) is 0 Å². The molecule has 4 rings (SSSR count). The first-order valence-electron chi connectivity index (χ1n) is 12.3. The number of aliphatic hydroxyl groups excluding tert-OH is 1. The van der Waals surface area contributed by atoms with E-state index in [0.717, 1.165) is 5.56 Å². The van der Waals surface area contributed by atoms with E-state index in [1.807, 2.05) is 6.92 Å². The summed E-state index contributed by atoms with van der Waals surface area (Å²) in [5, 5.41) is 27.7. The summed E-state index contributed by atoms with van der Waals surface area (Å²) in [7, 11) is 0. The van der Waals surface area contributed by atoms with Crippen LogP contribution in [0.4, 0.5) is 23.7 Å². The lowest BCUT2D eigenvalue weighted by Crippen LogP contribution is -2.50. The van der Waals surface area contributed by atoms with E-state index < -0.39 is 36.6 Å². The van der Waals surface area contributed by atoms with Crippen molar-refractivity contribution in [2.45, 2.75) is 25.7 Å². The van der Waals surface area contributed by atoms with Crippen molar-refractivity contribution in [2.24, 2.45) is 0 Å². The Balaban J connectivity index is 1.49. The molecule has 218 valence electrons. The van der Waals surface area contributed by atoms with Gasteiger partial charge in [-0.15, -0.1) is 5.10 Å². The van der Waals surface area contributed by atoms with Gasteiger partial charge in [-0.3, -0.25) is 20.1 Å². The fourth-order valence-electron chi connectivity index (χ4n) is 3.75.